The van der Waals surface area contributed by atoms with E-state index >= 15 is 0 Å². The molecule has 0 aliphatic heterocycles. The van der Waals surface area contributed by atoms with Crippen LogP contribution < -0.4 is 0 Å². The predicted octanol–water partition coefficient (Wildman–Crippen LogP) is 13.2. The van der Waals surface area contributed by atoms with Crippen LogP contribution in [0.25, 0.3) is 106 Å². The van der Waals surface area contributed by atoms with Crippen molar-refractivity contribution in [3.63, 3.8) is 0 Å². The number of aromatic nitrogens is 4. The molecule has 0 amide bonds. The number of nitrogens with zero attached hydrogens (tertiary/aromatic N) is 4. The van der Waals surface area contributed by atoms with Gasteiger partial charge in [0.15, 0.2) is 11.6 Å². The summed E-state index contributed by atoms with van der Waals surface area (Å²) in [7, 11) is 0. The highest BCUT2D eigenvalue weighted by Crippen LogP contribution is 2.41. The van der Waals surface area contributed by atoms with Crippen LogP contribution in [-0.4, -0.2) is 19.5 Å². The van der Waals surface area contributed by atoms with Crippen LogP contribution in [0.1, 0.15) is 0 Å². The largest absolute Gasteiger partial charge is 0.455 e. The highest BCUT2D eigenvalue weighted by atomic mass is 16.3. The molecule has 11 rings (SSSR count). The first-order chi connectivity index (χ1) is 27.8. The summed E-state index contributed by atoms with van der Waals surface area (Å²) in [6.45, 7) is 0. The van der Waals surface area contributed by atoms with Crippen molar-refractivity contribution < 1.29 is 4.42 Å². The molecule has 0 saturated carbocycles. The molecule has 3 heterocycles. The average Bonchev–Trinajstić information content (AvgIpc) is 3.83. The topological polar surface area (TPSA) is 56.7 Å². The van der Waals surface area contributed by atoms with Gasteiger partial charge in [0.05, 0.1) is 11.0 Å². The maximum Gasteiger partial charge on any atom is 0.238 e. The fourth-order valence-electron chi connectivity index (χ4n) is 8.06. The predicted molar refractivity (Wildman–Crippen MR) is 229 cm³/mol. The van der Waals surface area contributed by atoms with Crippen LogP contribution in [0.5, 0.6) is 0 Å². The standard InChI is InChI=1S/C51H32N4O/c1-3-14-34(15-4-1)40-23-12-24-43-47-39(22-13-27-46(47)56-48(40)43)38-19-11-18-37(32-38)33-28-30-36(31-29-33)50-52-49(35-16-5-2-6-17-35)53-51(54-50)55-44-25-9-7-20-41(44)42-21-8-10-26-45(42)55/h1-32H. The molecule has 3 aromatic heterocycles. The smallest absolute Gasteiger partial charge is 0.238 e. The molecule has 262 valence electrons. The van der Waals surface area contributed by atoms with E-state index in [2.05, 4.69) is 162 Å². The van der Waals surface area contributed by atoms with Gasteiger partial charge in [0.1, 0.15) is 11.2 Å². The summed E-state index contributed by atoms with van der Waals surface area (Å²) in [5.41, 5.74) is 12.5. The van der Waals surface area contributed by atoms with Crippen molar-refractivity contribution in [2.24, 2.45) is 0 Å². The number of hydrogen-bond acceptors (Lipinski definition) is 4. The molecular formula is C51H32N4O. The van der Waals surface area contributed by atoms with E-state index in [-0.39, 0.29) is 0 Å². The average molecular weight is 717 g/mol. The summed E-state index contributed by atoms with van der Waals surface area (Å²) >= 11 is 0. The molecule has 0 atom stereocenters. The Hall–Kier alpha value is -7.63. The molecule has 11 aromatic rings. The second kappa shape index (κ2) is 13.0. The van der Waals surface area contributed by atoms with Crippen molar-refractivity contribution in [3.8, 4) is 62.1 Å². The van der Waals surface area contributed by atoms with Gasteiger partial charge in [0.2, 0.25) is 5.95 Å². The summed E-state index contributed by atoms with van der Waals surface area (Å²) in [5.74, 6) is 1.82. The summed E-state index contributed by atoms with van der Waals surface area (Å²) in [6.07, 6.45) is 0. The fraction of sp³-hybridized carbons (Fsp3) is 0. The fourth-order valence-corrected chi connectivity index (χ4v) is 8.06. The first-order valence-corrected chi connectivity index (χ1v) is 18.8. The minimum Gasteiger partial charge on any atom is -0.455 e. The zero-order valence-electron chi connectivity index (χ0n) is 30.2. The Labute approximate surface area is 322 Å². The lowest BCUT2D eigenvalue weighted by atomic mass is 9.95. The third kappa shape index (κ3) is 5.29. The van der Waals surface area contributed by atoms with Crippen LogP contribution in [0.15, 0.2) is 199 Å². The molecule has 0 fully saturated rings. The molecule has 0 radical (unpaired) electrons. The SMILES string of the molecule is c1ccc(-c2nc(-c3ccc(-c4cccc(-c5cccc6oc7c(-c8ccccc8)cccc7c56)c4)cc3)nc(-n3c4ccccc4c4ccccc43)n2)cc1. The Balaban J connectivity index is 0.999. The summed E-state index contributed by atoms with van der Waals surface area (Å²) in [4.78, 5) is 15.2. The van der Waals surface area contributed by atoms with E-state index in [1.807, 2.05) is 36.4 Å². The second-order valence-electron chi connectivity index (χ2n) is 14.0. The van der Waals surface area contributed by atoms with E-state index in [1.165, 1.54) is 0 Å². The van der Waals surface area contributed by atoms with Crippen molar-refractivity contribution >= 4 is 43.7 Å². The minimum atomic E-state index is 0.583. The Morgan fingerprint density at radius 2 is 0.875 bits per heavy atom. The molecule has 0 N–H and O–H groups in total. The van der Waals surface area contributed by atoms with E-state index in [4.69, 9.17) is 19.4 Å². The lowest BCUT2D eigenvalue weighted by Gasteiger charge is -2.11. The maximum atomic E-state index is 6.56. The molecule has 0 unspecified atom stereocenters. The van der Waals surface area contributed by atoms with Crippen molar-refractivity contribution in [2.75, 3.05) is 0 Å². The molecule has 5 heteroatoms. The Morgan fingerprint density at radius 3 is 1.59 bits per heavy atom. The van der Waals surface area contributed by atoms with E-state index < -0.39 is 0 Å². The van der Waals surface area contributed by atoms with Gasteiger partial charge in [-0.2, -0.15) is 9.97 Å². The van der Waals surface area contributed by atoms with Gasteiger partial charge in [-0.05, 0) is 52.1 Å². The maximum absolute atomic E-state index is 6.56. The lowest BCUT2D eigenvalue weighted by molar-refractivity contribution is 0.670. The van der Waals surface area contributed by atoms with Gasteiger partial charge in [-0.1, -0.05) is 170 Å². The Bertz CT molecular complexity index is 3180. The third-order valence-corrected chi connectivity index (χ3v) is 10.7. The molecule has 0 bridgehead atoms. The zero-order chi connectivity index (χ0) is 37.0. The number of benzene rings is 8. The van der Waals surface area contributed by atoms with Crippen molar-refractivity contribution in [1.29, 1.82) is 0 Å². The molecule has 56 heavy (non-hydrogen) atoms. The van der Waals surface area contributed by atoms with E-state index in [9.17, 15) is 0 Å². The number of furan rings is 1. The quantitative estimate of drug-likeness (QED) is 0.172. The van der Waals surface area contributed by atoms with E-state index in [0.717, 1.165) is 88.3 Å². The highest BCUT2D eigenvalue weighted by molar-refractivity contribution is 6.15. The van der Waals surface area contributed by atoms with Crippen LogP contribution in [0.3, 0.4) is 0 Å². The molecular weight excluding hydrogens is 685 g/mol. The van der Waals surface area contributed by atoms with Gasteiger partial charge in [-0.3, -0.25) is 4.57 Å². The van der Waals surface area contributed by atoms with Gasteiger partial charge >= 0.3 is 0 Å². The number of hydrogen-bond donors (Lipinski definition) is 0. The monoisotopic (exact) mass is 716 g/mol. The van der Waals surface area contributed by atoms with Gasteiger partial charge in [0, 0.05) is 38.2 Å². The zero-order valence-corrected chi connectivity index (χ0v) is 30.2. The summed E-state index contributed by atoms with van der Waals surface area (Å²) in [6, 6.07) is 67.4. The number of rotatable bonds is 6. The number of para-hydroxylation sites is 3. The minimum absolute atomic E-state index is 0.583. The van der Waals surface area contributed by atoms with Crippen molar-refractivity contribution in [1.82, 2.24) is 19.5 Å². The first-order valence-electron chi connectivity index (χ1n) is 18.8. The van der Waals surface area contributed by atoms with Crippen LogP contribution in [0.4, 0.5) is 0 Å². The van der Waals surface area contributed by atoms with E-state index in [1.54, 1.807) is 0 Å². The van der Waals surface area contributed by atoms with Crippen LogP contribution in [0, 0.1) is 0 Å². The Kier molecular flexibility index (Phi) is 7.42. The molecule has 0 aliphatic carbocycles. The van der Waals surface area contributed by atoms with Crippen molar-refractivity contribution in [3.05, 3.63) is 194 Å². The third-order valence-electron chi connectivity index (χ3n) is 10.7. The molecule has 0 aliphatic rings. The molecule has 8 aromatic carbocycles. The second-order valence-corrected chi connectivity index (χ2v) is 14.0. The normalized spacial score (nSPS) is 11.6. The van der Waals surface area contributed by atoms with Gasteiger partial charge in [-0.25, -0.2) is 4.98 Å². The Morgan fingerprint density at radius 1 is 0.357 bits per heavy atom. The summed E-state index contributed by atoms with van der Waals surface area (Å²) in [5, 5.41) is 4.55. The number of fused-ring (bicyclic) bond motifs is 6. The lowest BCUT2D eigenvalue weighted by Crippen LogP contribution is -2.06. The summed E-state index contributed by atoms with van der Waals surface area (Å²) < 4.78 is 8.71. The van der Waals surface area contributed by atoms with Crippen molar-refractivity contribution in [2.45, 2.75) is 0 Å². The van der Waals surface area contributed by atoms with Crippen LogP contribution in [0.2, 0.25) is 0 Å². The van der Waals surface area contributed by atoms with E-state index in [0.29, 0.717) is 17.6 Å². The van der Waals surface area contributed by atoms with Gasteiger partial charge in [0.25, 0.3) is 0 Å². The van der Waals surface area contributed by atoms with Crippen LogP contribution in [-0.2, 0) is 0 Å². The molecule has 0 saturated heterocycles. The first kappa shape index (κ1) is 31.9. The molecule has 5 nitrogen and oxygen atoms in total. The van der Waals surface area contributed by atoms with Gasteiger partial charge < -0.3 is 4.42 Å². The van der Waals surface area contributed by atoms with Gasteiger partial charge in [-0.15, -0.1) is 0 Å². The van der Waals surface area contributed by atoms with Crippen LogP contribution >= 0.6 is 0 Å². The molecule has 0 spiro atoms. The highest BCUT2D eigenvalue weighted by Gasteiger charge is 2.19.